The van der Waals surface area contributed by atoms with Crippen LogP contribution in [0.5, 0.6) is 0 Å². The molecule has 0 atom stereocenters. The summed E-state index contributed by atoms with van der Waals surface area (Å²) in [4.78, 5) is 16.9. The molecule has 0 unspecified atom stereocenters. The summed E-state index contributed by atoms with van der Waals surface area (Å²) in [5.74, 6) is 5.37. The van der Waals surface area contributed by atoms with Crippen LogP contribution in [0, 0.1) is 0 Å². The molecule has 1 aromatic rings. The number of fused-ring (bicyclic) bond motifs is 1. The molecule has 1 heterocycles. The quantitative estimate of drug-likeness (QED) is 0.464. The first-order chi connectivity index (χ1) is 7.72. The highest BCUT2D eigenvalue weighted by Gasteiger charge is 2.19. The van der Waals surface area contributed by atoms with Gasteiger partial charge in [-0.15, -0.1) is 0 Å². The van der Waals surface area contributed by atoms with E-state index in [0.29, 0.717) is 0 Å². The highest BCUT2D eigenvalue weighted by Crippen LogP contribution is 2.30. The molecule has 5 heteroatoms. The molecule has 0 fully saturated rings. The van der Waals surface area contributed by atoms with Crippen LogP contribution in [-0.4, -0.2) is 12.5 Å². The van der Waals surface area contributed by atoms with E-state index in [9.17, 15) is 4.79 Å². The highest BCUT2D eigenvalue weighted by atomic mass is 32.2. The van der Waals surface area contributed by atoms with E-state index in [4.69, 9.17) is 5.84 Å². The van der Waals surface area contributed by atoms with Gasteiger partial charge in [-0.2, -0.15) is 4.83 Å². The van der Waals surface area contributed by atoms with Crippen LogP contribution in [0.1, 0.15) is 18.9 Å². The predicted octanol–water partition coefficient (Wildman–Crippen LogP) is 1.46. The zero-order chi connectivity index (χ0) is 11.5. The molecular weight excluding hydrogens is 222 g/mol. The van der Waals surface area contributed by atoms with Gasteiger partial charge in [-0.3, -0.25) is 10.6 Å². The van der Waals surface area contributed by atoms with Gasteiger partial charge in [-0.25, -0.2) is 0 Å². The fourth-order valence-corrected chi connectivity index (χ4v) is 2.51. The van der Waals surface area contributed by atoms with Gasteiger partial charge in [0.05, 0.1) is 0 Å². The lowest BCUT2D eigenvalue weighted by molar-refractivity contribution is -0.116. The second-order valence-electron chi connectivity index (χ2n) is 3.78. The van der Waals surface area contributed by atoms with Gasteiger partial charge in [0.15, 0.2) is 0 Å². The first-order valence-electron chi connectivity index (χ1n) is 5.26. The molecule has 0 saturated heterocycles. The van der Waals surface area contributed by atoms with Crippen LogP contribution in [0.25, 0.3) is 0 Å². The number of hydrogen-bond donors (Lipinski definition) is 2. The Morgan fingerprint density at radius 2 is 2.38 bits per heavy atom. The zero-order valence-electron chi connectivity index (χ0n) is 9.19. The number of amides is 1. The summed E-state index contributed by atoms with van der Waals surface area (Å²) in [5.41, 5.74) is 2.27. The Kier molecular flexibility index (Phi) is 3.48. The van der Waals surface area contributed by atoms with Crippen LogP contribution in [0.3, 0.4) is 0 Å². The van der Waals surface area contributed by atoms with Crippen molar-refractivity contribution in [2.75, 3.05) is 11.4 Å². The van der Waals surface area contributed by atoms with Crippen LogP contribution in [0.15, 0.2) is 23.1 Å². The fraction of sp³-hybridized carbons (Fsp3) is 0.364. The van der Waals surface area contributed by atoms with Crippen molar-refractivity contribution in [3.05, 3.63) is 23.8 Å². The van der Waals surface area contributed by atoms with Crippen molar-refractivity contribution in [3.8, 4) is 0 Å². The Morgan fingerprint density at radius 1 is 1.56 bits per heavy atom. The lowest BCUT2D eigenvalue weighted by Gasteiger charge is -2.28. The first kappa shape index (κ1) is 11.4. The third-order valence-corrected chi connectivity index (χ3v) is 3.33. The Balaban J connectivity index is 2.33. The molecule has 0 saturated carbocycles. The van der Waals surface area contributed by atoms with Gasteiger partial charge in [0.1, 0.15) is 0 Å². The normalized spacial score (nSPS) is 14.8. The smallest absolute Gasteiger partial charge is 0.223 e. The van der Waals surface area contributed by atoms with Crippen molar-refractivity contribution in [1.29, 1.82) is 0 Å². The Hall–Kier alpha value is -1.04. The maximum Gasteiger partial charge on any atom is 0.223 e. The number of aryl methyl sites for hydroxylation is 1. The van der Waals surface area contributed by atoms with E-state index in [1.54, 1.807) is 6.92 Å². The van der Waals surface area contributed by atoms with Crippen molar-refractivity contribution in [3.63, 3.8) is 0 Å². The third kappa shape index (κ3) is 2.21. The van der Waals surface area contributed by atoms with Crippen LogP contribution in [0.4, 0.5) is 5.69 Å². The second-order valence-corrected chi connectivity index (χ2v) is 4.70. The number of rotatable bonds is 2. The minimum absolute atomic E-state index is 0.110. The average molecular weight is 237 g/mol. The standard InChI is InChI=1S/C11H15N3OS/c1-8(15)14-6-2-3-9-7-10(16-13-12)4-5-11(9)14/h4-5,7,13H,2-3,6,12H2,1H3. The van der Waals surface area contributed by atoms with Crippen LogP contribution in [0.2, 0.25) is 0 Å². The molecule has 4 nitrogen and oxygen atoms in total. The fourth-order valence-electron chi connectivity index (χ4n) is 2.03. The highest BCUT2D eigenvalue weighted by molar-refractivity contribution is 7.97. The van der Waals surface area contributed by atoms with E-state index in [1.807, 2.05) is 17.0 Å². The lowest BCUT2D eigenvalue weighted by atomic mass is 10.0. The molecule has 1 amide bonds. The molecule has 0 bridgehead atoms. The van der Waals surface area contributed by atoms with Crippen LogP contribution in [-0.2, 0) is 11.2 Å². The van der Waals surface area contributed by atoms with Gasteiger partial charge in [-0.1, -0.05) is 0 Å². The van der Waals surface area contributed by atoms with Gasteiger partial charge in [0.25, 0.3) is 0 Å². The minimum atomic E-state index is 0.110. The van der Waals surface area contributed by atoms with Gasteiger partial charge in [0.2, 0.25) is 5.91 Å². The van der Waals surface area contributed by atoms with E-state index < -0.39 is 0 Å². The van der Waals surface area contributed by atoms with Crippen molar-refractivity contribution < 1.29 is 4.79 Å². The van der Waals surface area contributed by atoms with Crippen molar-refractivity contribution in [1.82, 2.24) is 4.83 Å². The maximum atomic E-state index is 11.5. The van der Waals surface area contributed by atoms with E-state index in [0.717, 1.165) is 30.0 Å². The summed E-state index contributed by atoms with van der Waals surface area (Å²) < 4.78 is 0. The molecule has 16 heavy (non-hydrogen) atoms. The van der Waals surface area contributed by atoms with Gasteiger partial charge in [-0.05, 0) is 48.6 Å². The molecule has 0 spiro atoms. The predicted molar refractivity (Wildman–Crippen MR) is 66.0 cm³/mol. The topological polar surface area (TPSA) is 58.4 Å². The Bertz CT molecular complexity index is 408. The lowest BCUT2D eigenvalue weighted by Crippen LogP contribution is -2.33. The number of anilines is 1. The van der Waals surface area contributed by atoms with Crippen molar-refractivity contribution in [2.24, 2.45) is 5.84 Å². The van der Waals surface area contributed by atoms with Gasteiger partial charge in [0, 0.05) is 24.1 Å². The molecule has 1 aliphatic heterocycles. The number of carbonyl (C=O) groups excluding carboxylic acids is 1. The van der Waals surface area contributed by atoms with Crippen molar-refractivity contribution in [2.45, 2.75) is 24.7 Å². The molecule has 1 aromatic carbocycles. The number of nitrogens with zero attached hydrogens (tertiary/aromatic N) is 1. The second kappa shape index (κ2) is 4.86. The molecule has 1 aliphatic rings. The number of benzene rings is 1. The van der Waals surface area contributed by atoms with E-state index in [2.05, 4.69) is 10.9 Å². The summed E-state index contributed by atoms with van der Waals surface area (Å²) in [6.07, 6.45) is 2.05. The molecular formula is C11H15N3OS. The summed E-state index contributed by atoms with van der Waals surface area (Å²) in [6.45, 7) is 2.43. The van der Waals surface area contributed by atoms with Crippen LogP contribution >= 0.6 is 11.9 Å². The van der Waals surface area contributed by atoms with E-state index >= 15 is 0 Å². The molecule has 2 rings (SSSR count). The maximum absolute atomic E-state index is 11.5. The number of carbonyl (C=O) groups is 1. The minimum Gasteiger partial charge on any atom is -0.312 e. The third-order valence-electron chi connectivity index (χ3n) is 2.73. The number of nitrogens with one attached hydrogen (secondary N) is 1. The SMILES string of the molecule is CC(=O)N1CCCc2cc(SNN)ccc21. The van der Waals surface area contributed by atoms with Crippen molar-refractivity contribution >= 4 is 23.5 Å². The molecule has 0 aliphatic carbocycles. The summed E-state index contributed by atoms with van der Waals surface area (Å²) >= 11 is 1.38. The van der Waals surface area contributed by atoms with Crippen LogP contribution < -0.4 is 15.6 Å². The Morgan fingerprint density at radius 3 is 3.06 bits per heavy atom. The first-order valence-corrected chi connectivity index (χ1v) is 6.07. The van der Waals surface area contributed by atoms with E-state index in [-0.39, 0.29) is 5.91 Å². The van der Waals surface area contributed by atoms with Gasteiger partial charge >= 0.3 is 0 Å². The average Bonchev–Trinajstić information content (AvgIpc) is 2.28. The monoisotopic (exact) mass is 237 g/mol. The molecule has 0 radical (unpaired) electrons. The number of hydrogen-bond acceptors (Lipinski definition) is 4. The largest absolute Gasteiger partial charge is 0.312 e. The summed E-state index contributed by atoms with van der Waals surface area (Å²) in [6, 6.07) is 6.06. The molecule has 3 N–H and O–H groups in total. The number of hydrazine groups is 1. The Labute approximate surface area is 99.3 Å². The summed E-state index contributed by atoms with van der Waals surface area (Å²) in [5, 5.41) is 0. The van der Waals surface area contributed by atoms with Gasteiger partial charge < -0.3 is 4.90 Å². The molecule has 0 aromatic heterocycles. The summed E-state index contributed by atoms with van der Waals surface area (Å²) in [7, 11) is 0. The molecule has 86 valence electrons. The zero-order valence-corrected chi connectivity index (χ0v) is 10.0. The number of nitrogens with two attached hydrogens (primary N) is 1. The van der Waals surface area contributed by atoms with E-state index in [1.165, 1.54) is 17.5 Å².